The van der Waals surface area contributed by atoms with Crippen molar-refractivity contribution in [3.8, 4) is 17.2 Å². The Morgan fingerprint density at radius 3 is 2.83 bits per heavy atom. The Kier molecular flexibility index (Phi) is 4.93. The predicted octanol–water partition coefficient (Wildman–Crippen LogP) is 3.33. The smallest absolute Gasteiger partial charge is 0.258 e. The normalized spacial score (nSPS) is 10.6. The minimum absolute atomic E-state index is 0.0418. The van der Waals surface area contributed by atoms with Gasteiger partial charge in [0.2, 0.25) is 0 Å². The Bertz CT molecular complexity index is 823. The molecular formula is C17H16N2O4S. The van der Waals surface area contributed by atoms with Gasteiger partial charge in [0.15, 0.2) is 5.76 Å². The van der Waals surface area contributed by atoms with Gasteiger partial charge in [-0.1, -0.05) is 0 Å². The van der Waals surface area contributed by atoms with Crippen molar-refractivity contribution < 1.29 is 19.1 Å². The van der Waals surface area contributed by atoms with Gasteiger partial charge in [0.05, 0.1) is 17.2 Å². The van der Waals surface area contributed by atoms with E-state index in [-0.39, 0.29) is 19.1 Å². The molecule has 0 aliphatic carbocycles. The van der Waals surface area contributed by atoms with Crippen molar-refractivity contribution in [2.24, 2.45) is 0 Å². The molecular weight excluding hydrogens is 328 g/mol. The van der Waals surface area contributed by atoms with E-state index in [1.807, 2.05) is 12.3 Å². The third-order valence-electron chi connectivity index (χ3n) is 3.21. The second-order valence-corrected chi connectivity index (χ2v) is 6.06. The summed E-state index contributed by atoms with van der Waals surface area (Å²) in [5.41, 5.74) is 1.79. The minimum atomic E-state index is -0.263. The van der Waals surface area contributed by atoms with Crippen molar-refractivity contribution in [3.63, 3.8) is 0 Å². The monoisotopic (exact) mass is 344 g/mol. The van der Waals surface area contributed by atoms with Crippen LogP contribution in [0.15, 0.2) is 46.4 Å². The summed E-state index contributed by atoms with van der Waals surface area (Å²) >= 11 is 1.53. The molecule has 24 heavy (non-hydrogen) atoms. The number of amides is 1. The largest absolute Gasteiger partial charge is 0.491 e. The summed E-state index contributed by atoms with van der Waals surface area (Å²) in [6, 6.07) is 8.58. The van der Waals surface area contributed by atoms with E-state index >= 15 is 0 Å². The van der Waals surface area contributed by atoms with Gasteiger partial charge in [0.1, 0.15) is 24.3 Å². The molecule has 7 heteroatoms. The van der Waals surface area contributed by atoms with E-state index in [9.17, 15) is 4.79 Å². The molecule has 0 saturated heterocycles. The fourth-order valence-electron chi connectivity index (χ4n) is 2.07. The number of ether oxygens (including phenoxy) is 1. The standard InChI is InChI=1S/C17H16N2O4S/c1-11-18-15(10-24-11)16-8-12(9-23-16)17(21)19-13-2-4-14(5-3-13)22-7-6-20/h2-5,8-10,20H,6-7H2,1H3,(H,19,21). The number of nitrogens with one attached hydrogen (secondary N) is 1. The maximum atomic E-state index is 12.3. The van der Waals surface area contributed by atoms with Crippen molar-refractivity contribution in [1.29, 1.82) is 0 Å². The van der Waals surface area contributed by atoms with Crippen molar-refractivity contribution in [2.45, 2.75) is 6.92 Å². The number of aliphatic hydroxyl groups is 1. The molecule has 124 valence electrons. The average molecular weight is 344 g/mol. The summed E-state index contributed by atoms with van der Waals surface area (Å²) in [6.45, 7) is 2.11. The highest BCUT2D eigenvalue weighted by Crippen LogP contribution is 2.24. The fraction of sp³-hybridized carbons (Fsp3) is 0.176. The van der Waals surface area contributed by atoms with Crippen LogP contribution in [0.5, 0.6) is 5.75 Å². The van der Waals surface area contributed by atoms with Crippen LogP contribution in [-0.4, -0.2) is 29.2 Å². The van der Waals surface area contributed by atoms with Gasteiger partial charge in [0, 0.05) is 11.1 Å². The molecule has 3 rings (SSSR count). The second-order valence-electron chi connectivity index (χ2n) is 5.00. The molecule has 0 bridgehead atoms. The molecule has 0 unspecified atom stereocenters. The number of aliphatic hydroxyl groups excluding tert-OH is 1. The lowest BCUT2D eigenvalue weighted by Gasteiger charge is -2.06. The second kappa shape index (κ2) is 7.29. The predicted molar refractivity (Wildman–Crippen MR) is 91.5 cm³/mol. The summed E-state index contributed by atoms with van der Waals surface area (Å²) in [4.78, 5) is 16.6. The number of aromatic nitrogens is 1. The number of aryl methyl sites for hydroxylation is 1. The number of carbonyl (C=O) groups is 1. The molecule has 2 heterocycles. The number of rotatable bonds is 6. The van der Waals surface area contributed by atoms with Crippen molar-refractivity contribution >= 4 is 22.9 Å². The molecule has 0 radical (unpaired) electrons. The molecule has 0 saturated carbocycles. The average Bonchev–Trinajstić information content (AvgIpc) is 3.23. The van der Waals surface area contributed by atoms with E-state index in [4.69, 9.17) is 14.3 Å². The van der Waals surface area contributed by atoms with E-state index in [0.717, 1.165) is 10.7 Å². The van der Waals surface area contributed by atoms with Gasteiger partial charge in [-0.25, -0.2) is 4.98 Å². The number of nitrogens with zero attached hydrogens (tertiary/aromatic N) is 1. The Balaban J connectivity index is 1.65. The Labute approximate surface area is 142 Å². The number of hydrogen-bond acceptors (Lipinski definition) is 6. The summed E-state index contributed by atoms with van der Waals surface area (Å²) < 4.78 is 10.7. The lowest BCUT2D eigenvalue weighted by Crippen LogP contribution is -2.10. The summed E-state index contributed by atoms with van der Waals surface area (Å²) in [6.07, 6.45) is 1.41. The first kappa shape index (κ1) is 16.2. The Morgan fingerprint density at radius 1 is 1.38 bits per heavy atom. The van der Waals surface area contributed by atoms with E-state index in [1.54, 1.807) is 30.3 Å². The van der Waals surface area contributed by atoms with Gasteiger partial charge in [-0.05, 0) is 37.3 Å². The molecule has 0 aliphatic heterocycles. The van der Waals surface area contributed by atoms with Gasteiger partial charge in [0.25, 0.3) is 5.91 Å². The van der Waals surface area contributed by atoms with E-state index in [2.05, 4.69) is 10.3 Å². The maximum absolute atomic E-state index is 12.3. The van der Waals surface area contributed by atoms with E-state index in [0.29, 0.717) is 22.8 Å². The number of benzene rings is 1. The first-order chi connectivity index (χ1) is 11.7. The van der Waals surface area contributed by atoms with Crippen molar-refractivity contribution in [3.05, 3.63) is 52.5 Å². The van der Waals surface area contributed by atoms with Gasteiger partial charge < -0.3 is 19.6 Å². The van der Waals surface area contributed by atoms with Crippen molar-refractivity contribution in [2.75, 3.05) is 18.5 Å². The van der Waals surface area contributed by atoms with Crippen LogP contribution in [-0.2, 0) is 0 Å². The molecule has 0 atom stereocenters. The third-order valence-corrected chi connectivity index (χ3v) is 3.98. The van der Waals surface area contributed by atoms with Crippen LogP contribution in [0.25, 0.3) is 11.5 Å². The van der Waals surface area contributed by atoms with Gasteiger partial charge in [-0.3, -0.25) is 4.79 Å². The van der Waals surface area contributed by atoms with Crippen LogP contribution in [0, 0.1) is 6.92 Å². The highest BCUT2D eigenvalue weighted by atomic mass is 32.1. The molecule has 1 aromatic carbocycles. The van der Waals surface area contributed by atoms with Crippen LogP contribution in [0.1, 0.15) is 15.4 Å². The van der Waals surface area contributed by atoms with E-state index in [1.165, 1.54) is 17.6 Å². The quantitative estimate of drug-likeness (QED) is 0.716. The molecule has 0 spiro atoms. The maximum Gasteiger partial charge on any atom is 0.258 e. The summed E-state index contributed by atoms with van der Waals surface area (Å²) in [5.74, 6) is 0.935. The first-order valence-corrected chi connectivity index (χ1v) is 8.20. The molecule has 0 aliphatic rings. The number of anilines is 1. The van der Waals surface area contributed by atoms with Crippen LogP contribution in [0.3, 0.4) is 0 Å². The number of carbonyl (C=O) groups excluding carboxylic acids is 1. The third kappa shape index (κ3) is 3.81. The van der Waals surface area contributed by atoms with E-state index < -0.39 is 0 Å². The number of hydrogen-bond donors (Lipinski definition) is 2. The van der Waals surface area contributed by atoms with Gasteiger partial charge in [-0.2, -0.15) is 0 Å². The zero-order valence-electron chi connectivity index (χ0n) is 13.0. The SMILES string of the molecule is Cc1nc(-c2cc(C(=O)Nc3ccc(OCCO)cc3)co2)cs1. The zero-order valence-corrected chi connectivity index (χ0v) is 13.8. The van der Waals surface area contributed by atoms with Crippen LogP contribution < -0.4 is 10.1 Å². The Hall–Kier alpha value is -2.64. The fourth-order valence-corrected chi connectivity index (χ4v) is 2.67. The number of furan rings is 1. The summed E-state index contributed by atoms with van der Waals surface area (Å²) in [7, 11) is 0. The van der Waals surface area contributed by atoms with Crippen LogP contribution in [0.2, 0.25) is 0 Å². The zero-order chi connectivity index (χ0) is 16.9. The molecule has 2 N–H and O–H groups in total. The molecule has 1 amide bonds. The topological polar surface area (TPSA) is 84.6 Å². The summed E-state index contributed by atoms with van der Waals surface area (Å²) in [5, 5.41) is 14.3. The van der Waals surface area contributed by atoms with Crippen LogP contribution >= 0.6 is 11.3 Å². The molecule has 6 nitrogen and oxygen atoms in total. The van der Waals surface area contributed by atoms with Gasteiger partial charge in [-0.15, -0.1) is 11.3 Å². The van der Waals surface area contributed by atoms with Crippen molar-refractivity contribution in [1.82, 2.24) is 4.98 Å². The molecule has 3 aromatic rings. The first-order valence-electron chi connectivity index (χ1n) is 7.32. The van der Waals surface area contributed by atoms with Crippen LogP contribution in [0.4, 0.5) is 5.69 Å². The minimum Gasteiger partial charge on any atom is -0.491 e. The highest BCUT2D eigenvalue weighted by Gasteiger charge is 2.13. The lowest BCUT2D eigenvalue weighted by atomic mass is 10.2. The molecule has 2 aromatic heterocycles. The molecule has 0 fully saturated rings. The number of thiazole rings is 1. The lowest BCUT2D eigenvalue weighted by molar-refractivity contribution is 0.102. The van der Waals surface area contributed by atoms with Gasteiger partial charge >= 0.3 is 0 Å². The highest BCUT2D eigenvalue weighted by molar-refractivity contribution is 7.09. The Morgan fingerprint density at radius 2 is 2.17 bits per heavy atom.